The summed E-state index contributed by atoms with van der Waals surface area (Å²) in [4.78, 5) is 14.5. The number of carbonyl (C=O) groups is 1. The zero-order valence-corrected chi connectivity index (χ0v) is 25.2. The second kappa shape index (κ2) is 11.7. The Balaban J connectivity index is 2.33. The summed E-state index contributed by atoms with van der Waals surface area (Å²) < 4.78 is 11.8. The van der Waals surface area contributed by atoms with Crippen LogP contribution in [-0.4, -0.2) is 35.6 Å². The number of thiophene rings is 1. The van der Waals surface area contributed by atoms with E-state index in [1.165, 1.54) is 26.4 Å². The van der Waals surface area contributed by atoms with Gasteiger partial charge in [-0.2, -0.15) is 0 Å². The summed E-state index contributed by atoms with van der Waals surface area (Å²) in [5.41, 5.74) is 3.86. The number of ether oxygens (including phenoxy) is 1. The Morgan fingerprint density at radius 2 is 1.68 bits per heavy atom. The Kier molecular flexibility index (Phi) is 10.1. The molecule has 0 radical (unpaired) electrons. The number of aryl methyl sites for hydroxylation is 2. The fourth-order valence-electron chi connectivity index (χ4n) is 3.87. The summed E-state index contributed by atoms with van der Waals surface area (Å²) in [6.07, 6.45) is 6.58. The molecule has 3 nitrogen and oxygen atoms in total. The predicted molar refractivity (Wildman–Crippen MR) is 154 cm³/mol. The molecule has 0 amide bonds. The molecule has 192 valence electrons. The highest BCUT2D eigenvalue weighted by atomic mass is 32.3. The monoisotopic (exact) mass is 524 g/mol. The SMILES string of the molecule is CCOC(=O)CSCc1sc(C(CC)(CC)c2ccc(OS(C)(C)C(C)(C)C)c(C)c2)cc1C. The van der Waals surface area contributed by atoms with Gasteiger partial charge < -0.3 is 8.92 Å². The maximum absolute atomic E-state index is 11.7. The van der Waals surface area contributed by atoms with Gasteiger partial charge in [-0.05, 0) is 95.7 Å². The lowest BCUT2D eigenvalue weighted by molar-refractivity contribution is -0.139. The lowest BCUT2D eigenvalue weighted by Gasteiger charge is -2.44. The highest BCUT2D eigenvalue weighted by molar-refractivity contribution is 8.30. The van der Waals surface area contributed by atoms with Gasteiger partial charge in [-0.1, -0.05) is 36.3 Å². The van der Waals surface area contributed by atoms with Crippen LogP contribution in [0, 0.1) is 13.8 Å². The third-order valence-electron chi connectivity index (χ3n) is 6.96. The lowest BCUT2D eigenvalue weighted by atomic mass is 9.74. The maximum atomic E-state index is 11.7. The summed E-state index contributed by atoms with van der Waals surface area (Å²) >= 11 is 3.54. The largest absolute Gasteiger partial charge is 0.465 e. The molecule has 0 aliphatic carbocycles. The van der Waals surface area contributed by atoms with Gasteiger partial charge in [0.15, 0.2) is 0 Å². The van der Waals surface area contributed by atoms with E-state index in [0.717, 1.165) is 24.3 Å². The predicted octanol–water partition coefficient (Wildman–Crippen LogP) is 8.42. The van der Waals surface area contributed by atoms with E-state index in [1.807, 2.05) is 18.3 Å². The number of hydrogen-bond donors (Lipinski definition) is 0. The molecule has 0 N–H and O–H groups in total. The molecule has 6 heteroatoms. The average molecular weight is 525 g/mol. The van der Waals surface area contributed by atoms with Crippen molar-refractivity contribution in [2.24, 2.45) is 0 Å². The van der Waals surface area contributed by atoms with Crippen LogP contribution in [0.5, 0.6) is 5.75 Å². The molecular formula is C28H44O3S3. The number of thioether (sulfide) groups is 1. The van der Waals surface area contributed by atoms with Crippen molar-refractivity contribution in [1.82, 2.24) is 0 Å². The zero-order valence-electron chi connectivity index (χ0n) is 22.8. The van der Waals surface area contributed by atoms with Crippen LogP contribution in [0.4, 0.5) is 0 Å². The van der Waals surface area contributed by atoms with Crippen LogP contribution in [0.2, 0.25) is 0 Å². The molecule has 1 heterocycles. The quantitative estimate of drug-likeness (QED) is 0.276. The topological polar surface area (TPSA) is 35.5 Å². The first-order valence-corrected chi connectivity index (χ1v) is 16.5. The Bertz CT molecular complexity index is 966. The van der Waals surface area contributed by atoms with E-state index in [1.54, 1.807) is 11.8 Å². The number of rotatable bonds is 11. The molecule has 0 unspecified atom stereocenters. The van der Waals surface area contributed by atoms with Crippen LogP contribution >= 0.6 is 33.4 Å². The third kappa shape index (κ3) is 6.55. The Morgan fingerprint density at radius 1 is 1.03 bits per heavy atom. The molecule has 0 bridgehead atoms. The summed E-state index contributed by atoms with van der Waals surface area (Å²) in [5.74, 6) is 2.11. The second-order valence-electron chi connectivity index (χ2n) is 10.2. The van der Waals surface area contributed by atoms with Gasteiger partial charge in [-0.3, -0.25) is 4.79 Å². The summed E-state index contributed by atoms with van der Waals surface area (Å²) in [6.45, 7) is 18.0. The van der Waals surface area contributed by atoms with E-state index in [9.17, 15) is 4.79 Å². The zero-order chi connectivity index (χ0) is 25.7. The molecule has 0 atom stereocenters. The maximum Gasteiger partial charge on any atom is 0.315 e. The molecular weight excluding hydrogens is 481 g/mol. The van der Waals surface area contributed by atoms with E-state index < -0.39 is 10.3 Å². The van der Waals surface area contributed by atoms with E-state index in [4.69, 9.17) is 8.92 Å². The van der Waals surface area contributed by atoms with Crippen molar-refractivity contribution in [3.8, 4) is 5.75 Å². The van der Waals surface area contributed by atoms with Gasteiger partial charge in [0, 0.05) is 25.7 Å². The number of esters is 1. The van der Waals surface area contributed by atoms with Crippen LogP contribution in [0.1, 0.15) is 80.8 Å². The van der Waals surface area contributed by atoms with Crippen molar-refractivity contribution in [3.05, 3.63) is 50.7 Å². The summed E-state index contributed by atoms with van der Waals surface area (Å²) in [6, 6.07) is 9.16. The molecule has 0 fully saturated rings. The summed E-state index contributed by atoms with van der Waals surface area (Å²) in [7, 11) is -1.24. The fourth-order valence-corrected chi connectivity index (χ4v) is 7.33. The first-order valence-electron chi connectivity index (χ1n) is 12.2. The van der Waals surface area contributed by atoms with Crippen molar-refractivity contribution in [3.63, 3.8) is 0 Å². The van der Waals surface area contributed by atoms with Crippen LogP contribution < -0.4 is 4.18 Å². The van der Waals surface area contributed by atoms with Gasteiger partial charge >= 0.3 is 5.97 Å². The second-order valence-corrected chi connectivity index (χ2v) is 16.2. The van der Waals surface area contributed by atoms with Gasteiger partial charge in [0.05, 0.1) is 12.4 Å². The Labute approximate surface area is 217 Å². The third-order valence-corrected chi connectivity index (χ3v) is 13.1. The van der Waals surface area contributed by atoms with Gasteiger partial charge in [-0.25, -0.2) is 0 Å². The van der Waals surface area contributed by atoms with E-state index in [2.05, 4.69) is 85.2 Å². The highest BCUT2D eigenvalue weighted by Crippen LogP contribution is 2.54. The van der Waals surface area contributed by atoms with Gasteiger partial charge in [0.25, 0.3) is 0 Å². The van der Waals surface area contributed by atoms with Crippen molar-refractivity contribution in [2.75, 3.05) is 24.9 Å². The first-order chi connectivity index (χ1) is 15.8. The Hall–Kier alpha value is -1.11. The van der Waals surface area contributed by atoms with Crippen LogP contribution in [0.15, 0.2) is 24.3 Å². The van der Waals surface area contributed by atoms with E-state index >= 15 is 0 Å². The molecule has 2 aromatic rings. The van der Waals surface area contributed by atoms with Crippen LogP contribution in [0.25, 0.3) is 0 Å². The molecule has 0 aliphatic rings. The van der Waals surface area contributed by atoms with E-state index in [0.29, 0.717) is 12.4 Å². The molecule has 0 aliphatic heterocycles. The molecule has 1 aromatic heterocycles. The van der Waals surface area contributed by atoms with Crippen LogP contribution in [0.3, 0.4) is 0 Å². The number of hydrogen-bond acceptors (Lipinski definition) is 5. The van der Waals surface area contributed by atoms with Crippen molar-refractivity contribution >= 4 is 39.4 Å². The van der Waals surface area contributed by atoms with Crippen molar-refractivity contribution in [1.29, 1.82) is 0 Å². The minimum atomic E-state index is -1.24. The molecule has 0 saturated carbocycles. The van der Waals surface area contributed by atoms with Crippen molar-refractivity contribution < 1.29 is 13.7 Å². The highest BCUT2D eigenvalue weighted by Gasteiger charge is 2.34. The Morgan fingerprint density at radius 3 is 2.21 bits per heavy atom. The minimum Gasteiger partial charge on any atom is -0.465 e. The van der Waals surface area contributed by atoms with Gasteiger partial charge in [-0.15, -0.1) is 23.1 Å². The smallest absolute Gasteiger partial charge is 0.315 e. The normalized spacial score (nSPS) is 13.1. The molecule has 1 aromatic carbocycles. The first kappa shape index (κ1) is 29.1. The fraction of sp³-hybridized carbons (Fsp3) is 0.607. The molecule has 2 rings (SSSR count). The minimum absolute atomic E-state index is 0.0187. The van der Waals surface area contributed by atoms with Crippen LogP contribution in [-0.2, 0) is 20.7 Å². The standard InChI is InChI=1S/C28H44O3S3/c1-11-28(12-2,25-17-21(5)24(33-25)18-32-19-26(29)30-13-3)22-14-15-23(20(4)16-22)31-34(9,10)27(6,7)8/h14-17H,11-13,18-19H2,1-10H3. The summed E-state index contributed by atoms with van der Waals surface area (Å²) in [5, 5.41) is 0. The number of carbonyl (C=O) groups excluding carboxylic acids is 1. The van der Waals surface area contributed by atoms with Crippen molar-refractivity contribution in [2.45, 2.75) is 84.1 Å². The molecule has 0 spiro atoms. The molecule has 34 heavy (non-hydrogen) atoms. The average Bonchev–Trinajstić information content (AvgIpc) is 3.11. The van der Waals surface area contributed by atoms with Gasteiger partial charge in [0.1, 0.15) is 5.75 Å². The lowest BCUT2D eigenvalue weighted by Crippen LogP contribution is -2.27. The number of benzene rings is 1. The van der Waals surface area contributed by atoms with Gasteiger partial charge in [0.2, 0.25) is 0 Å². The van der Waals surface area contributed by atoms with E-state index in [-0.39, 0.29) is 16.1 Å². The molecule has 0 saturated heterocycles.